The average molecular weight is 349 g/mol. The van der Waals surface area contributed by atoms with E-state index in [0.29, 0.717) is 31.6 Å². The van der Waals surface area contributed by atoms with Crippen molar-refractivity contribution in [3.63, 3.8) is 0 Å². The SMILES string of the molecule is C[C@@H](CN1CCCC1=O)NC(=O)N[C@H]1CCCOc2c(F)cccc21. The quantitative estimate of drug-likeness (QED) is 0.877. The number of likely N-dealkylation sites (tertiary alicyclic amines) is 1. The number of hydrogen-bond acceptors (Lipinski definition) is 3. The van der Waals surface area contributed by atoms with Crippen molar-refractivity contribution in [2.75, 3.05) is 19.7 Å². The fourth-order valence-corrected chi connectivity index (χ4v) is 3.42. The first-order valence-corrected chi connectivity index (χ1v) is 8.80. The number of rotatable bonds is 4. The molecule has 2 N–H and O–H groups in total. The van der Waals surface area contributed by atoms with Gasteiger partial charge in [0.05, 0.1) is 12.6 Å². The van der Waals surface area contributed by atoms with Crippen LogP contribution in [0.5, 0.6) is 5.75 Å². The third-order valence-corrected chi connectivity index (χ3v) is 4.60. The molecule has 1 saturated heterocycles. The molecule has 0 saturated carbocycles. The molecule has 7 heteroatoms. The van der Waals surface area contributed by atoms with Gasteiger partial charge in [-0.1, -0.05) is 12.1 Å². The van der Waals surface area contributed by atoms with Crippen molar-refractivity contribution in [1.29, 1.82) is 0 Å². The van der Waals surface area contributed by atoms with Crippen molar-refractivity contribution < 1.29 is 18.7 Å². The highest BCUT2D eigenvalue weighted by atomic mass is 19.1. The molecule has 2 aliphatic heterocycles. The molecule has 0 aromatic heterocycles. The highest BCUT2D eigenvalue weighted by Gasteiger charge is 2.25. The van der Waals surface area contributed by atoms with Crippen molar-refractivity contribution in [2.24, 2.45) is 0 Å². The minimum atomic E-state index is -0.410. The van der Waals surface area contributed by atoms with Gasteiger partial charge < -0.3 is 20.3 Å². The molecule has 1 fully saturated rings. The lowest BCUT2D eigenvalue weighted by molar-refractivity contribution is -0.127. The lowest BCUT2D eigenvalue weighted by atomic mass is 10.0. The van der Waals surface area contributed by atoms with E-state index in [-0.39, 0.29) is 29.8 Å². The summed E-state index contributed by atoms with van der Waals surface area (Å²) in [4.78, 5) is 25.8. The lowest BCUT2D eigenvalue weighted by Gasteiger charge is -2.24. The molecule has 136 valence electrons. The van der Waals surface area contributed by atoms with Gasteiger partial charge >= 0.3 is 6.03 Å². The van der Waals surface area contributed by atoms with E-state index < -0.39 is 5.82 Å². The smallest absolute Gasteiger partial charge is 0.315 e. The highest BCUT2D eigenvalue weighted by Crippen LogP contribution is 2.33. The molecule has 25 heavy (non-hydrogen) atoms. The number of para-hydroxylation sites is 1. The average Bonchev–Trinajstić information content (AvgIpc) is 2.84. The standard InChI is InChI=1S/C18H24FN3O3/c1-12(11-22-9-3-8-16(22)23)20-18(24)21-15-7-4-10-25-17-13(15)5-2-6-14(17)19/h2,5-6,12,15H,3-4,7-11H2,1H3,(H2,20,21,24)/t12-,15-/m0/s1. The number of nitrogens with zero attached hydrogens (tertiary/aromatic N) is 1. The van der Waals surface area contributed by atoms with Crippen LogP contribution in [0.15, 0.2) is 18.2 Å². The van der Waals surface area contributed by atoms with Gasteiger partial charge in [-0.15, -0.1) is 0 Å². The Balaban J connectivity index is 1.59. The van der Waals surface area contributed by atoms with Crippen LogP contribution >= 0.6 is 0 Å². The predicted molar refractivity (Wildman–Crippen MR) is 90.8 cm³/mol. The van der Waals surface area contributed by atoms with Crippen LogP contribution < -0.4 is 15.4 Å². The van der Waals surface area contributed by atoms with Gasteiger partial charge in [0.1, 0.15) is 0 Å². The zero-order chi connectivity index (χ0) is 17.8. The number of amides is 3. The van der Waals surface area contributed by atoms with Gasteiger partial charge in [-0.05, 0) is 32.3 Å². The number of fused-ring (bicyclic) bond motifs is 1. The number of carbonyl (C=O) groups is 2. The first-order chi connectivity index (χ1) is 12.0. The Morgan fingerprint density at radius 2 is 2.28 bits per heavy atom. The molecule has 2 atom stereocenters. The van der Waals surface area contributed by atoms with E-state index in [1.54, 1.807) is 17.0 Å². The zero-order valence-electron chi connectivity index (χ0n) is 14.4. The molecule has 6 nitrogen and oxygen atoms in total. The number of hydrogen-bond donors (Lipinski definition) is 2. The summed E-state index contributed by atoms with van der Waals surface area (Å²) in [6.07, 6.45) is 2.88. The van der Waals surface area contributed by atoms with Gasteiger partial charge in [-0.25, -0.2) is 9.18 Å². The van der Waals surface area contributed by atoms with Crippen molar-refractivity contribution in [2.45, 2.75) is 44.7 Å². The maximum Gasteiger partial charge on any atom is 0.315 e. The summed E-state index contributed by atoms with van der Waals surface area (Å²) in [7, 11) is 0. The summed E-state index contributed by atoms with van der Waals surface area (Å²) < 4.78 is 19.4. The van der Waals surface area contributed by atoms with Crippen molar-refractivity contribution in [3.05, 3.63) is 29.6 Å². The third-order valence-electron chi connectivity index (χ3n) is 4.60. The predicted octanol–water partition coefficient (Wildman–Crippen LogP) is 2.35. The van der Waals surface area contributed by atoms with E-state index >= 15 is 0 Å². The van der Waals surface area contributed by atoms with Crippen molar-refractivity contribution in [3.8, 4) is 5.75 Å². The van der Waals surface area contributed by atoms with Gasteiger partial charge in [0.15, 0.2) is 11.6 Å². The van der Waals surface area contributed by atoms with Crippen molar-refractivity contribution in [1.82, 2.24) is 15.5 Å². The fraction of sp³-hybridized carbons (Fsp3) is 0.556. The molecule has 2 aliphatic rings. The Hall–Kier alpha value is -2.31. The molecule has 1 aromatic carbocycles. The summed E-state index contributed by atoms with van der Waals surface area (Å²) in [6, 6.07) is 3.99. The van der Waals surface area contributed by atoms with Crippen LogP contribution in [0.25, 0.3) is 0 Å². The normalized spacial score (nSPS) is 21.1. The number of nitrogens with one attached hydrogen (secondary N) is 2. The second kappa shape index (κ2) is 7.72. The largest absolute Gasteiger partial charge is 0.490 e. The molecular formula is C18H24FN3O3. The van der Waals surface area contributed by atoms with Crippen LogP contribution in [-0.2, 0) is 4.79 Å². The Morgan fingerprint density at radius 3 is 3.04 bits per heavy atom. The molecule has 2 heterocycles. The van der Waals surface area contributed by atoms with E-state index in [4.69, 9.17) is 4.74 Å². The van der Waals surface area contributed by atoms with Gasteiger partial charge in [-0.2, -0.15) is 0 Å². The first kappa shape index (κ1) is 17.5. The monoisotopic (exact) mass is 349 g/mol. The third kappa shape index (κ3) is 4.21. The molecule has 0 aliphatic carbocycles. The van der Waals surface area contributed by atoms with Gasteiger partial charge in [-0.3, -0.25) is 4.79 Å². The molecule has 0 bridgehead atoms. The van der Waals surface area contributed by atoms with Gasteiger partial charge in [0, 0.05) is 31.1 Å². The van der Waals surface area contributed by atoms with E-state index in [9.17, 15) is 14.0 Å². The number of urea groups is 1. The number of halogens is 1. The van der Waals surface area contributed by atoms with Crippen molar-refractivity contribution >= 4 is 11.9 Å². The summed E-state index contributed by atoms with van der Waals surface area (Å²) in [5, 5.41) is 5.77. The topological polar surface area (TPSA) is 70.7 Å². The fourth-order valence-electron chi connectivity index (χ4n) is 3.42. The second-order valence-corrected chi connectivity index (χ2v) is 6.66. The minimum absolute atomic E-state index is 0.138. The molecule has 0 spiro atoms. The molecule has 1 aromatic rings. The van der Waals surface area contributed by atoms with Crippen LogP contribution in [-0.4, -0.2) is 42.6 Å². The van der Waals surface area contributed by atoms with Crippen LogP contribution in [0.1, 0.15) is 44.2 Å². The molecular weight excluding hydrogens is 325 g/mol. The molecule has 3 amide bonds. The molecule has 0 unspecified atom stereocenters. The molecule has 3 rings (SSSR count). The molecule has 0 radical (unpaired) electrons. The second-order valence-electron chi connectivity index (χ2n) is 6.66. The lowest BCUT2D eigenvalue weighted by Crippen LogP contribution is -2.47. The summed E-state index contributed by atoms with van der Waals surface area (Å²) in [5.74, 6) is -0.0482. The maximum absolute atomic E-state index is 13.9. The Kier molecular flexibility index (Phi) is 5.40. The first-order valence-electron chi connectivity index (χ1n) is 8.80. The van der Waals surface area contributed by atoms with Crippen LogP contribution in [0.3, 0.4) is 0 Å². The Labute approximate surface area is 146 Å². The van der Waals surface area contributed by atoms with E-state index in [2.05, 4.69) is 10.6 Å². The zero-order valence-corrected chi connectivity index (χ0v) is 14.4. The van der Waals surface area contributed by atoms with E-state index in [1.165, 1.54) is 6.07 Å². The Bertz CT molecular complexity index is 652. The van der Waals surface area contributed by atoms with E-state index in [1.807, 2.05) is 6.92 Å². The number of benzene rings is 1. The minimum Gasteiger partial charge on any atom is -0.490 e. The number of ether oxygens (including phenoxy) is 1. The van der Waals surface area contributed by atoms with Gasteiger partial charge in [0.25, 0.3) is 0 Å². The van der Waals surface area contributed by atoms with Crippen LogP contribution in [0.2, 0.25) is 0 Å². The summed E-state index contributed by atoms with van der Waals surface area (Å²) in [5.41, 5.74) is 0.662. The number of carbonyl (C=O) groups excluding carboxylic acids is 2. The highest BCUT2D eigenvalue weighted by molar-refractivity contribution is 5.78. The van der Waals surface area contributed by atoms with Gasteiger partial charge in [0.2, 0.25) is 5.91 Å². The summed E-state index contributed by atoms with van der Waals surface area (Å²) in [6.45, 7) is 3.56. The summed E-state index contributed by atoms with van der Waals surface area (Å²) >= 11 is 0. The Morgan fingerprint density at radius 1 is 1.44 bits per heavy atom. The van der Waals surface area contributed by atoms with Crippen LogP contribution in [0, 0.1) is 5.82 Å². The maximum atomic E-state index is 13.9. The van der Waals surface area contributed by atoms with Crippen LogP contribution in [0.4, 0.5) is 9.18 Å². The van der Waals surface area contributed by atoms with E-state index in [0.717, 1.165) is 19.4 Å².